The van der Waals surface area contributed by atoms with Crippen LogP contribution in [0.1, 0.15) is 92.2 Å². The molecular formula is C20H42. The summed E-state index contributed by atoms with van der Waals surface area (Å²) < 4.78 is 0. The molecule has 0 amide bonds. The van der Waals surface area contributed by atoms with Crippen LogP contribution in [0.5, 0.6) is 0 Å². The van der Waals surface area contributed by atoms with E-state index < -0.39 is 0 Å². The van der Waals surface area contributed by atoms with E-state index in [0.29, 0.717) is 0 Å². The highest BCUT2D eigenvalue weighted by Crippen LogP contribution is 1.99. The Bertz CT molecular complexity index is 179. The summed E-state index contributed by atoms with van der Waals surface area (Å²) >= 11 is 0. The average molecular weight is 283 g/mol. The lowest BCUT2D eigenvalue weighted by Gasteiger charge is -1.90. The van der Waals surface area contributed by atoms with E-state index >= 15 is 0 Å². The molecule has 0 aliphatic heterocycles. The van der Waals surface area contributed by atoms with Crippen LogP contribution in [0.4, 0.5) is 0 Å². The Balaban J connectivity index is -0.0000000922. The molecule has 0 heterocycles. The molecule has 0 spiro atoms. The maximum absolute atomic E-state index is 2.18. The minimum atomic E-state index is 1.32. The summed E-state index contributed by atoms with van der Waals surface area (Å²) in [5.74, 6) is 0. The highest BCUT2D eigenvalue weighted by Gasteiger charge is 1.79. The fourth-order valence-electron chi connectivity index (χ4n) is 0.637. The first-order valence-electron chi connectivity index (χ1n) is 8.65. The highest BCUT2D eigenvalue weighted by molar-refractivity contribution is 5.19. The second-order valence-corrected chi connectivity index (χ2v) is 4.15. The topological polar surface area (TPSA) is 0 Å². The van der Waals surface area contributed by atoms with Crippen molar-refractivity contribution in [1.82, 2.24) is 0 Å². The summed E-state index contributed by atoms with van der Waals surface area (Å²) in [4.78, 5) is 0. The molecule has 0 radical (unpaired) electrons. The molecule has 0 nitrogen and oxygen atoms in total. The Morgan fingerprint density at radius 1 is 0.500 bits per heavy atom. The Kier molecular flexibility index (Phi) is 42.6. The van der Waals surface area contributed by atoms with Crippen molar-refractivity contribution in [2.75, 3.05) is 0 Å². The Hall–Kier alpha value is -0.780. The van der Waals surface area contributed by atoms with Gasteiger partial charge in [-0.3, -0.25) is 0 Å². The molecule has 20 heavy (non-hydrogen) atoms. The van der Waals surface area contributed by atoms with Crippen molar-refractivity contribution >= 4 is 0 Å². The van der Waals surface area contributed by atoms with E-state index in [1.807, 2.05) is 27.7 Å². The zero-order valence-corrected chi connectivity index (χ0v) is 16.1. The Labute approximate surface area is 131 Å². The monoisotopic (exact) mass is 282 g/mol. The van der Waals surface area contributed by atoms with Gasteiger partial charge in [0.2, 0.25) is 0 Å². The lowest BCUT2D eigenvalue weighted by atomic mass is 10.2. The zero-order valence-electron chi connectivity index (χ0n) is 16.1. The molecule has 0 N–H and O–H groups in total. The quantitative estimate of drug-likeness (QED) is 0.516. The van der Waals surface area contributed by atoms with Gasteiger partial charge in [0.25, 0.3) is 0 Å². The fraction of sp³-hybridized carbons (Fsp3) is 0.700. The van der Waals surface area contributed by atoms with Crippen LogP contribution in [0, 0.1) is 13.8 Å². The first kappa shape index (κ1) is 27.5. The molecule has 1 aromatic rings. The fourth-order valence-corrected chi connectivity index (χ4v) is 0.637. The normalized spacial score (nSPS) is 7.30. The standard InChI is InChI=1S/C8H10.2C4H10.2C2H6/c1-7-3-5-8(2)6-4-7;2*1-3-4-2;2*1-2/h3-6H,1-2H3;2*3-4H2,1-2H3;2*1-2H3. The van der Waals surface area contributed by atoms with E-state index in [1.165, 1.54) is 36.8 Å². The van der Waals surface area contributed by atoms with Crippen LogP contribution in [0.2, 0.25) is 0 Å². The predicted molar refractivity (Wildman–Crippen MR) is 99.8 cm³/mol. The number of hydrogen-bond acceptors (Lipinski definition) is 0. The maximum atomic E-state index is 2.18. The van der Waals surface area contributed by atoms with Gasteiger partial charge in [0.1, 0.15) is 0 Å². The molecule has 0 aliphatic rings. The number of aryl methyl sites for hydroxylation is 2. The third kappa shape index (κ3) is 36.0. The first-order valence-corrected chi connectivity index (χ1v) is 8.65. The van der Waals surface area contributed by atoms with Gasteiger partial charge in [-0.15, -0.1) is 0 Å². The molecule has 0 aliphatic carbocycles. The molecule has 0 atom stereocenters. The molecule has 1 rings (SSSR count). The van der Waals surface area contributed by atoms with Gasteiger partial charge < -0.3 is 0 Å². The molecular weight excluding hydrogens is 240 g/mol. The van der Waals surface area contributed by atoms with Gasteiger partial charge in [0.05, 0.1) is 0 Å². The van der Waals surface area contributed by atoms with E-state index in [2.05, 4.69) is 65.8 Å². The molecule has 0 bridgehead atoms. The van der Waals surface area contributed by atoms with Crippen LogP contribution in [-0.2, 0) is 0 Å². The molecule has 122 valence electrons. The minimum absolute atomic E-state index is 1.32. The third-order valence-corrected chi connectivity index (χ3v) is 2.22. The maximum Gasteiger partial charge on any atom is -0.0398 e. The first-order chi connectivity index (χ1) is 9.62. The van der Waals surface area contributed by atoms with E-state index in [-0.39, 0.29) is 0 Å². The van der Waals surface area contributed by atoms with Crippen LogP contribution in [0.3, 0.4) is 0 Å². The van der Waals surface area contributed by atoms with E-state index in [9.17, 15) is 0 Å². The molecule has 0 heteroatoms. The van der Waals surface area contributed by atoms with Gasteiger partial charge in [-0.05, 0) is 13.8 Å². The second-order valence-electron chi connectivity index (χ2n) is 4.15. The zero-order chi connectivity index (χ0) is 16.8. The predicted octanol–water partition coefficient (Wildman–Crippen LogP) is 7.97. The van der Waals surface area contributed by atoms with E-state index in [4.69, 9.17) is 0 Å². The molecule has 0 aromatic heterocycles. The third-order valence-electron chi connectivity index (χ3n) is 2.22. The van der Waals surface area contributed by atoms with Crippen LogP contribution in [-0.4, -0.2) is 0 Å². The Morgan fingerprint density at radius 3 is 0.750 bits per heavy atom. The molecule has 0 unspecified atom stereocenters. The minimum Gasteiger partial charge on any atom is -0.0683 e. The van der Waals surface area contributed by atoms with Gasteiger partial charge in [0.15, 0.2) is 0 Å². The van der Waals surface area contributed by atoms with Crippen molar-refractivity contribution < 1.29 is 0 Å². The van der Waals surface area contributed by atoms with E-state index in [1.54, 1.807) is 0 Å². The van der Waals surface area contributed by atoms with Crippen molar-refractivity contribution in [2.45, 2.75) is 94.9 Å². The molecule has 0 fully saturated rings. The van der Waals surface area contributed by atoms with Crippen LogP contribution >= 0.6 is 0 Å². The van der Waals surface area contributed by atoms with Crippen molar-refractivity contribution in [3.8, 4) is 0 Å². The molecule has 0 saturated heterocycles. The van der Waals surface area contributed by atoms with Crippen molar-refractivity contribution in [3.63, 3.8) is 0 Å². The number of benzene rings is 1. The second kappa shape index (κ2) is 30.9. The van der Waals surface area contributed by atoms with Gasteiger partial charge >= 0.3 is 0 Å². The smallest absolute Gasteiger partial charge is 0.0398 e. The molecule has 0 saturated carbocycles. The number of unbranched alkanes of at least 4 members (excludes halogenated alkanes) is 2. The summed E-state index contributed by atoms with van der Waals surface area (Å²) in [5, 5.41) is 0. The van der Waals surface area contributed by atoms with E-state index in [0.717, 1.165) is 0 Å². The SMILES string of the molecule is CC.CC.CCCC.CCCC.Cc1ccc(C)cc1. The number of rotatable bonds is 2. The lowest BCUT2D eigenvalue weighted by Crippen LogP contribution is -1.70. The molecule has 1 aromatic carbocycles. The Morgan fingerprint density at radius 2 is 0.650 bits per heavy atom. The van der Waals surface area contributed by atoms with Gasteiger partial charge in [-0.1, -0.05) is 116 Å². The average Bonchev–Trinajstić information content (AvgIpc) is 2.54. The largest absolute Gasteiger partial charge is 0.0683 e. The number of hydrogen-bond donors (Lipinski definition) is 0. The van der Waals surface area contributed by atoms with Crippen molar-refractivity contribution in [1.29, 1.82) is 0 Å². The van der Waals surface area contributed by atoms with Crippen LogP contribution in [0.15, 0.2) is 24.3 Å². The van der Waals surface area contributed by atoms with Gasteiger partial charge in [0, 0.05) is 0 Å². The van der Waals surface area contributed by atoms with Crippen LogP contribution in [0.25, 0.3) is 0 Å². The van der Waals surface area contributed by atoms with Crippen molar-refractivity contribution in [2.24, 2.45) is 0 Å². The van der Waals surface area contributed by atoms with Gasteiger partial charge in [-0.25, -0.2) is 0 Å². The van der Waals surface area contributed by atoms with Crippen LogP contribution < -0.4 is 0 Å². The highest BCUT2D eigenvalue weighted by atomic mass is 13.9. The van der Waals surface area contributed by atoms with Crippen molar-refractivity contribution in [3.05, 3.63) is 35.4 Å². The summed E-state index contributed by atoms with van der Waals surface area (Å²) in [5.41, 5.74) is 2.66. The summed E-state index contributed by atoms with van der Waals surface area (Å²) in [6.45, 7) is 20.9. The summed E-state index contributed by atoms with van der Waals surface area (Å²) in [6, 6.07) is 8.48. The van der Waals surface area contributed by atoms with Gasteiger partial charge in [-0.2, -0.15) is 0 Å². The summed E-state index contributed by atoms with van der Waals surface area (Å²) in [7, 11) is 0. The summed E-state index contributed by atoms with van der Waals surface area (Å²) in [6.07, 6.45) is 5.28. The lowest BCUT2D eigenvalue weighted by molar-refractivity contribution is 0.886.